The highest BCUT2D eigenvalue weighted by Crippen LogP contribution is 2.29. The molecule has 4 rings (SSSR count). The molecule has 1 aromatic heterocycles. The van der Waals surface area contributed by atoms with Gasteiger partial charge in [-0.15, -0.1) is 0 Å². The first kappa shape index (κ1) is 19.7. The second-order valence-corrected chi connectivity index (χ2v) is 7.84. The molecule has 0 radical (unpaired) electrons. The Morgan fingerprint density at radius 3 is 2.59 bits per heavy atom. The normalized spacial score (nSPS) is 20.3. The third-order valence-corrected chi connectivity index (χ3v) is 5.77. The zero-order chi connectivity index (χ0) is 20.2. The van der Waals surface area contributed by atoms with E-state index in [0.717, 1.165) is 61.1 Å². The molecule has 29 heavy (non-hydrogen) atoms. The van der Waals surface area contributed by atoms with Crippen molar-refractivity contribution in [2.45, 2.75) is 19.8 Å². The molecule has 1 fully saturated rings. The number of hydrogen-bond acceptors (Lipinski definition) is 6. The molecule has 152 valence electrons. The number of hydrogen-bond donors (Lipinski definition) is 1. The molecular formula is C23H28N4O2. The van der Waals surface area contributed by atoms with Crippen LogP contribution in [-0.2, 0) is 6.42 Å². The molecule has 0 spiro atoms. The highest BCUT2D eigenvalue weighted by molar-refractivity contribution is 5.99. The predicted octanol–water partition coefficient (Wildman–Crippen LogP) is 2.36. The molecule has 6 heteroatoms. The Morgan fingerprint density at radius 1 is 1.10 bits per heavy atom. The van der Waals surface area contributed by atoms with Gasteiger partial charge in [0.05, 0.1) is 23.6 Å². The summed E-state index contributed by atoms with van der Waals surface area (Å²) in [5.74, 6) is 1.04. The van der Waals surface area contributed by atoms with Crippen molar-refractivity contribution >= 4 is 17.8 Å². The standard InChI is InChI=1S/C23H28N4O2/c1-17-22-20(25-23(24-17)27-11-9-26(10-12-27)13-14-28)15-19(16-21(22)29)8-7-18-5-3-2-4-6-18/h2-8,19,28H,9-16H2,1H3/b8-7+. The highest BCUT2D eigenvalue weighted by Gasteiger charge is 2.29. The topological polar surface area (TPSA) is 69.6 Å². The molecule has 0 amide bonds. The van der Waals surface area contributed by atoms with Gasteiger partial charge in [0.2, 0.25) is 5.95 Å². The van der Waals surface area contributed by atoms with Crippen molar-refractivity contribution in [1.29, 1.82) is 0 Å². The summed E-state index contributed by atoms with van der Waals surface area (Å²) < 4.78 is 0. The lowest BCUT2D eigenvalue weighted by atomic mass is 9.85. The molecule has 1 N–H and O–H groups in total. The molecule has 1 atom stereocenters. The van der Waals surface area contributed by atoms with Crippen molar-refractivity contribution in [2.24, 2.45) is 5.92 Å². The SMILES string of the molecule is Cc1nc(N2CCN(CCO)CC2)nc2c1C(=O)CC(/C=C/c1ccccc1)C2. The summed E-state index contributed by atoms with van der Waals surface area (Å²) in [6.45, 7) is 6.27. The van der Waals surface area contributed by atoms with Crippen molar-refractivity contribution < 1.29 is 9.90 Å². The zero-order valence-electron chi connectivity index (χ0n) is 16.9. The molecule has 0 saturated carbocycles. The van der Waals surface area contributed by atoms with Crippen molar-refractivity contribution in [1.82, 2.24) is 14.9 Å². The van der Waals surface area contributed by atoms with Crippen LogP contribution in [0.15, 0.2) is 36.4 Å². The number of nitrogens with zero attached hydrogens (tertiary/aromatic N) is 4. The third kappa shape index (κ3) is 4.54. The maximum absolute atomic E-state index is 12.8. The van der Waals surface area contributed by atoms with E-state index in [4.69, 9.17) is 10.1 Å². The van der Waals surface area contributed by atoms with E-state index in [9.17, 15) is 4.79 Å². The first-order valence-corrected chi connectivity index (χ1v) is 10.4. The minimum atomic E-state index is 0.144. The Hall–Kier alpha value is -2.57. The lowest BCUT2D eigenvalue weighted by Crippen LogP contribution is -2.48. The number of piperazine rings is 1. The number of aromatic nitrogens is 2. The first-order valence-electron chi connectivity index (χ1n) is 10.4. The smallest absolute Gasteiger partial charge is 0.225 e. The Kier molecular flexibility index (Phi) is 6.02. The van der Waals surface area contributed by atoms with Crippen LogP contribution in [0.2, 0.25) is 0 Å². The number of allylic oxidation sites excluding steroid dienone is 1. The van der Waals surface area contributed by atoms with Crippen LogP contribution in [0.3, 0.4) is 0 Å². The van der Waals surface area contributed by atoms with Gasteiger partial charge in [-0.3, -0.25) is 9.69 Å². The van der Waals surface area contributed by atoms with Crippen molar-refractivity contribution in [2.75, 3.05) is 44.2 Å². The highest BCUT2D eigenvalue weighted by atomic mass is 16.3. The first-order chi connectivity index (χ1) is 14.1. The number of benzene rings is 1. The van der Waals surface area contributed by atoms with Crippen LogP contribution in [0.1, 0.15) is 33.7 Å². The average molecular weight is 393 g/mol. The molecule has 1 unspecified atom stereocenters. The van der Waals surface area contributed by atoms with Gasteiger partial charge in [-0.05, 0) is 24.8 Å². The third-order valence-electron chi connectivity index (χ3n) is 5.77. The Bertz CT molecular complexity index is 889. The maximum atomic E-state index is 12.8. The predicted molar refractivity (Wildman–Crippen MR) is 114 cm³/mol. The Balaban J connectivity index is 1.51. The van der Waals surface area contributed by atoms with Crippen molar-refractivity contribution in [3.63, 3.8) is 0 Å². The number of Topliss-reactive ketones (excluding diaryl/α,β-unsaturated/α-hetero) is 1. The number of aryl methyl sites for hydroxylation is 1. The van der Waals surface area contributed by atoms with Crippen LogP contribution in [0.4, 0.5) is 5.95 Å². The number of ketones is 1. The van der Waals surface area contributed by atoms with Gasteiger partial charge >= 0.3 is 0 Å². The van der Waals surface area contributed by atoms with Gasteiger partial charge < -0.3 is 10.0 Å². The van der Waals surface area contributed by atoms with Gasteiger partial charge in [-0.1, -0.05) is 42.5 Å². The van der Waals surface area contributed by atoms with Gasteiger partial charge in [-0.2, -0.15) is 0 Å². The van der Waals surface area contributed by atoms with E-state index in [2.05, 4.69) is 39.1 Å². The lowest BCUT2D eigenvalue weighted by molar-refractivity contribution is 0.0956. The summed E-state index contributed by atoms with van der Waals surface area (Å²) in [6.07, 6.45) is 5.52. The number of rotatable bonds is 5. The number of β-amino-alcohol motifs (C(OH)–C–C–N with tert-alkyl or cyclic N) is 1. The Morgan fingerprint density at radius 2 is 1.86 bits per heavy atom. The van der Waals surface area contributed by atoms with Gasteiger partial charge in [0.15, 0.2) is 5.78 Å². The van der Waals surface area contributed by atoms with Crippen LogP contribution >= 0.6 is 0 Å². The summed E-state index contributed by atoms with van der Waals surface area (Å²) in [7, 11) is 0. The number of carbonyl (C=O) groups is 1. The summed E-state index contributed by atoms with van der Waals surface area (Å²) >= 11 is 0. The van der Waals surface area contributed by atoms with Crippen LogP contribution < -0.4 is 4.90 Å². The monoisotopic (exact) mass is 392 g/mol. The molecular weight excluding hydrogens is 364 g/mol. The molecule has 1 aliphatic heterocycles. The summed E-state index contributed by atoms with van der Waals surface area (Å²) in [5.41, 5.74) is 3.53. The van der Waals surface area contributed by atoms with Gasteiger partial charge in [0.25, 0.3) is 0 Å². The van der Waals surface area contributed by atoms with Gasteiger partial charge in [0, 0.05) is 39.1 Å². The number of aliphatic hydroxyl groups excluding tert-OH is 1. The molecule has 1 aromatic carbocycles. The van der Waals surface area contributed by atoms with Crippen LogP contribution in [0.25, 0.3) is 6.08 Å². The minimum Gasteiger partial charge on any atom is -0.395 e. The van der Waals surface area contributed by atoms with E-state index in [-0.39, 0.29) is 18.3 Å². The summed E-state index contributed by atoms with van der Waals surface area (Å²) in [4.78, 5) is 26.7. The van der Waals surface area contributed by atoms with Crippen molar-refractivity contribution in [3.8, 4) is 0 Å². The molecule has 2 heterocycles. The van der Waals surface area contributed by atoms with Gasteiger partial charge in [0.1, 0.15) is 0 Å². The quantitative estimate of drug-likeness (QED) is 0.842. The fourth-order valence-corrected chi connectivity index (χ4v) is 4.19. The molecule has 0 bridgehead atoms. The molecule has 6 nitrogen and oxygen atoms in total. The van der Waals surface area contributed by atoms with E-state index < -0.39 is 0 Å². The number of carbonyl (C=O) groups excluding carboxylic acids is 1. The van der Waals surface area contributed by atoms with E-state index in [0.29, 0.717) is 13.0 Å². The molecule has 1 aliphatic carbocycles. The van der Waals surface area contributed by atoms with Crippen LogP contribution in [0, 0.1) is 12.8 Å². The number of anilines is 1. The van der Waals surface area contributed by atoms with E-state index in [1.54, 1.807) is 0 Å². The number of fused-ring (bicyclic) bond motifs is 1. The van der Waals surface area contributed by atoms with E-state index in [1.165, 1.54) is 0 Å². The summed E-state index contributed by atoms with van der Waals surface area (Å²) in [5, 5.41) is 9.12. The minimum absolute atomic E-state index is 0.144. The lowest BCUT2D eigenvalue weighted by Gasteiger charge is -2.35. The zero-order valence-corrected chi connectivity index (χ0v) is 16.9. The van der Waals surface area contributed by atoms with E-state index in [1.807, 2.05) is 25.1 Å². The maximum Gasteiger partial charge on any atom is 0.225 e. The molecule has 1 saturated heterocycles. The Labute approximate surface area is 171 Å². The second-order valence-electron chi connectivity index (χ2n) is 7.84. The van der Waals surface area contributed by atoms with Crippen molar-refractivity contribution in [3.05, 3.63) is 58.9 Å². The molecule has 2 aromatic rings. The largest absolute Gasteiger partial charge is 0.395 e. The second kappa shape index (κ2) is 8.84. The fraction of sp³-hybridized carbons (Fsp3) is 0.435. The average Bonchev–Trinajstić information content (AvgIpc) is 2.73. The van der Waals surface area contributed by atoms with Crippen LogP contribution in [-0.4, -0.2) is 65.1 Å². The van der Waals surface area contributed by atoms with Gasteiger partial charge in [-0.25, -0.2) is 9.97 Å². The van der Waals surface area contributed by atoms with E-state index >= 15 is 0 Å². The fourth-order valence-electron chi connectivity index (χ4n) is 4.19. The summed E-state index contributed by atoms with van der Waals surface area (Å²) in [6, 6.07) is 10.2. The molecule has 2 aliphatic rings. The van der Waals surface area contributed by atoms with Crippen LogP contribution in [0.5, 0.6) is 0 Å². The number of aliphatic hydroxyl groups is 1.